The molecular weight excluding hydrogens is 340 g/mol. The van der Waals surface area contributed by atoms with Gasteiger partial charge in [0.1, 0.15) is 11.3 Å². The lowest BCUT2D eigenvalue weighted by Gasteiger charge is -2.34. The summed E-state index contributed by atoms with van der Waals surface area (Å²) in [7, 11) is -1.06. The number of hydrogen-bond acceptors (Lipinski definition) is 6. The van der Waals surface area contributed by atoms with Gasteiger partial charge in [0.2, 0.25) is 0 Å². The van der Waals surface area contributed by atoms with Gasteiger partial charge in [-0.2, -0.15) is 5.10 Å². The van der Waals surface area contributed by atoms with Crippen LogP contribution in [0.25, 0.3) is 16.6 Å². The van der Waals surface area contributed by atoms with E-state index in [-0.39, 0.29) is 17.5 Å². The first-order valence-corrected chi connectivity index (χ1v) is 10.3. The first kappa shape index (κ1) is 16.5. The highest BCUT2D eigenvalue weighted by Gasteiger charge is 2.25. The predicted molar refractivity (Wildman–Crippen MR) is 97.4 cm³/mol. The van der Waals surface area contributed by atoms with Crippen molar-refractivity contribution in [1.82, 2.24) is 14.8 Å². The lowest BCUT2D eigenvalue weighted by Crippen LogP contribution is -2.44. The molecule has 0 saturated carbocycles. The summed E-state index contributed by atoms with van der Waals surface area (Å²) in [6.45, 7) is 4.30. The summed E-state index contributed by atoms with van der Waals surface area (Å²) < 4.78 is 30.9. The predicted octanol–water partition coefficient (Wildman–Crippen LogP) is 1.40. The molecule has 0 amide bonds. The van der Waals surface area contributed by atoms with Crippen molar-refractivity contribution in [3.8, 4) is 0 Å². The van der Waals surface area contributed by atoms with Crippen LogP contribution in [0.3, 0.4) is 0 Å². The number of rotatable bonds is 2. The van der Waals surface area contributed by atoms with Gasteiger partial charge in [-0.25, -0.2) is 13.4 Å². The Morgan fingerprint density at radius 3 is 2.92 bits per heavy atom. The number of allylic oxidation sites excluding steroid dienone is 1. The molecule has 7 nitrogen and oxygen atoms in total. The highest BCUT2D eigenvalue weighted by molar-refractivity contribution is 7.91. The van der Waals surface area contributed by atoms with Crippen molar-refractivity contribution in [2.45, 2.75) is 19.4 Å². The van der Waals surface area contributed by atoms with Gasteiger partial charge in [0.15, 0.2) is 9.84 Å². The van der Waals surface area contributed by atoms with Crippen molar-refractivity contribution in [2.75, 3.05) is 36.2 Å². The molecule has 2 aromatic rings. The Kier molecular flexibility index (Phi) is 4.04. The zero-order chi connectivity index (χ0) is 17.6. The zero-order valence-electron chi connectivity index (χ0n) is 14.5. The molecule has 0 aliphatic carbocycles. The lowest BCUT2D eigenvalue weighted by atomic mass is 10.0. The maximum absolute atomic E-state index is 11.8. The molecule has 1 atom stereocenters. The summed E-state index contributed by atoms with van der Waals surface area (Å²) in [5, 5.41) is 4.35. The van der Waals surface area contributed by atoms with Crippen molar-refractivity contribution < 1.29 is 13.2 Å². The molecule has 4 heterocycles. The topological polar surface area (TPSA) is 77.3 Å². The van der Waals surface area contributed by atoms with Gasteiger partial charge in [0, 0.05) is 19.2 Å². The summed E-state index contributed by atoms with van der Waals surface area (Å²) >= 11 is 0. The van der Waals surface area contributed by atoms with E-state index in [1.165, 1.54) is 0 Å². The minimum Gasteiger partial charge on any atom is -0.377 e. The van der Waals surface area contributed by atoms with E-state index in [4.69, 9.17) is 9.72 Å². The largest absolute Gasteiger partial charge is 0.377 e. The summed E-state index contributed by atoms with van der Waals surface area (Å²) in [5.41, 5.74) is 3.89. The molecule has 1 fully saturated rings. The van der Waals surface area contributed by atoms with Crippen LogP contribution < -0.4 is 4.90 Å². The van der Waals surface area contributed by atoms with Crippen LogP contribution in [0.4, 0.5) is 5.82 Å². The number of fused-ring (bicyclic) bond motifs is 1. The molecule has 8 heteroatoms. The van der Waals surface area contributed by atoms with Crippen LogP contribution in [0.1, 0.15) is 18.9 Å². The van der Waals surface area contributed by atoms with Crippen molar-refractivity contribution >= 4 is 32.3 Å². The maximum Gasteiger partial charge on any atom is 0.154 e. The van der Waals surface area contributed by atoms with Crippen LogP contribution >= 0.6 is 0 Å². The van der Waals surface area contributed by atoms with Crippen LogP contribution in [0, 0.1) is 0 Å². The molecule has 0 aromatic carbocycles. The summed E-state index contributed by atoms with van der Waals surface area (Å²) in [6.07, 6.45) is 4.14. The zero-order valence-corrected chi connectivity index (χ0v) is 15.3. The van der Waals surface area contributed by atoms with Gasteiger partial charge in [-0.1, -0.05) is 6.08 Å². The van der Waals surface area contributed by atoms with E-state index in [1.54, 1.807) is 6.20 Å². The van der Waals surface area contributed by atoms with Crippen molar-refractivity contribution in [3.05, 3.63) is 23.9 Å². The minimum absolute atomic E-state index is 0.104. The summed E-state index contributed by atoms with van der Waals surface area (Å²) in [6, 6.07) is 2.33. The quantitative estimate of drug-likeness (QED) is 0.804. The first-order valence-electron chi connectivity index (χ1n) is 8.51. The smallest absolute Gasteiger partial charge is 0.154 e. The monoisotopic (exact) mass is 362 g/mol. The van der Waals surface area contributed by atoms with Crippen LogP contribution in [-0.4, -0.2) is 60.5 Å². The van der Waals surface area contributed by atoms with Gasteiger partial charge in [-0.3, -0.25) is 4.68 Å². The Balaban J connectivity index is 1.84. The fourth-order valence-electron chi connectivity index (χ4n) is 3.56. The van der Waals surface area contributed by atoms with Gasteiger partial charge >= 0.3 is 0 Å². The maximum atomic E-state index is 11.8. The second kappa shape index (κ2) is 6.10. The number of ether oxygens (including phenoxy) is 1. The third-order valence-corrected chi connectivity index (χ3v) is 6.46. The number of hydrogen-bond donors (Lipinski definition) is 0. The van der Waals surface area contributed by atoms with Crippen LogP contribution in [0.5, 0.6) is 0 Å². The second-order valence-corrected chi connectivity index (χ2v) is 8.97. The number of anilines is 1. The van der Waals surface area contributed by atoms with E-state index in [0.717, 1.165) is 34.5 Å². The van der Waals surface area contributed by atoms with E-state index >= 15 is 0 Å². The molecule has 0 spiro atoms. The molecule has 1 saturated heterocycles. The second-order valence-electron chi connectivity index (χ2n) is 6.74. The molecule has 2 aliphatic heterocycles. The molecule has 0 bridgehead atoms. The molecule has 0 radical (unpaired) electrons. The number of aromatic nitrogens is 3. The number of pyridine rings is 1. The first-order chi connectivity index (χ1) is 11.9. The highest BCUT2D eigenvalue weighted by Crippen LogP contribution is 2.32. The third kappa shape index (κ3) is 3.04. The van der Waals surface area contributed by atoms with E-state index in [0.29, 0.717) is 19.6 Å². The highest BCUT2D eigenvalue weighted by atomic mass is 32.2. The average Bonchev–Trinajstić information content (AvgIpc) is 2.96. The van der Waals surface area contributed by atoms with E-state index in [9.17, 15) is 8.42 Å². The summed E-state index contributed by atoms with van der Waals surface area (Å²) in [4.78, 5) is 7.05. The fourth-order valence-corrected chi connectivity index (χ4v) is 4.71. The number of sulfone groups is 1. The molecule has 134 valence electrons. The van der Waals surface area contributed by atoms with E-state index in [1.807, 2.05) is 17.8 Å². The molecule has 4 rings (SSSR count). The van der Waals surface area contributed by atoms with Crippen LogP contribution in [0.2, 0.25) is 0 Å². The molecular formula is C17H22N4O3S. The normalized spacial score (nSPS) is 23.7. The van der Waals surface area contributed by atoms with E-state index < -0.39 is 9.84 Å². The van der Waals surface area contributed by atoms with Crippen LogP contribution in [0.15, 0.2) is 18.3 Å². The minimum atomic E-state index is -2.95. The van der Waals surface area contributed by atoms with Gasteiger partial charge < -0.3 is 9.64 Å². The van der Waals surface area contributed by atoms with Gasteiger partial charge in [0.05, 0.1) is 42.5 Å². The van der Waals surface area contributed by atoms with Gasteiger partial charge in [0.25, 0.3) is 0 Å². The van der Waals surface area contributed by atoms with E-state index in [2.05, 4.69) is 23.0 Å². The molecule has 0 N–H and O–H groups in total. The van der Waals surface area contributed by atoms with Crippen molar-refractivity contribution in [2.24, 2.45) is 7.05 Å². The molecule has 25 heavy (non-hydrogen) atoms. The molecule has 2 aromatic heterocycles. The Morgan fingerprint density at radius 1 is 1.36 bits per heavy atom. The Labute approximate surface area is 147 Å². The number of aryl methyl sites for hydroxylation is 1. The SMILES string of the molecule is C[C@@H]1COCCN1c1cc(C2=CCS(=O)(=O)CC2)c2c(cnn2C)n1. The van der Waals surface area contributed by atoms with Crippen molar-refractivity contribution in [3.63, 3.8) is 0 Å². The van der Waals surface area contributed by atoms with Crippen LogP contribution in [-0.2, 0) is 21.6 Å². The average molecular weight is 362 g/mol. The summed E-state index contributed by atoms with van der Waals surface area (Å²) in [5.74, 6) is 1.21. The number of morpholine rings is 1. The Bertz CT molecular complexity index is 948. The fraction of sp³-hybridized carbons (Fsp3) is 0.529. The molecule has 2 aliphatic rings. The Hall–Kier alpha value is -1.93. The lowest BCUT2D eigenvalue weighted by molar-refractivity contribution is 0.0985. The van der Waals surface area contributed by atoms with Gasteiger partial charge in [-0.05, 0) is 25.0 Å². The number of nitrogens with zero attached hydrogens (tertiary/aromatic N) is 4. The Morgan fingerprint density at radius 2 is 2.20 bits per heavy atom. The molecule has 0 unspecified atom stereocenters. The third-order valence-electron chi connectivity index (χ3n) is 4.96. The van der Waals surface area contributed by atoms with Crippen molar-refractivity contribution in [1.29, 1.82) is 0 Å². The standard InChI is InChI=1S/C17H22N4O3S/c1-12-11-24-6-5-21(12)16-9-14(13-3-7-25(22,23)8-4-13)17-15(19-16)10-18-20(17)2/h3,9-10,12H,4-8,11H2,1-2H3/t12-/m1/s1. The van der Waals surface area contributed by atoms with Gasteiger partial charge in [-0.15, -0.1) is 0 Å².